The fourth-order valence-electron chi connectivity index (χ4n) is 1.88. The fourth-order valence-corrected chi connectivity index (χ4v) is 1.88. The first kappa shape index (κ1) is 14.9. The lowest BCUT2D eigenvalue weighted by Gasteiger charge is -2.06. The zero-order chi connectivity index (χ0) is 15.1. The molecule has 0 heterocycles. The summed E-state index contributed by atoms with van der Waals surface area (Å²) in [7, 11) is 1.59. The van der Waals surface area contributed by atoms with Crippen molar-refractivity contribution in [3.63, 3.8) is 0 Å². The summed E-state index contributed by atoms with van der Waals surface area (Å²) < 4.78 is 10.1. The van der Waals surface area contributed by atoms with E-state index in [1.54, 1.807) is 49.6 Å². The first-order valence-corrected chi connectivity index (χ1v) is 6.54. The molecule has 21 heavy (non-hydrogen) atoms. The number of carbonyl (C=O) groups excluding carboxylic acids is 2. The second-order valence-corrected chi connectivity index (χ2v) is 4.50. The van der Waals surface area contributed by atoms with Crippen LogP contribution in [0.3, 0.4) is 0 Å². The molecule has 0 aromatic heterocycles. The molecule has 0 saturated heterocycles. The number of Topliss-reactive ketones (excluding diaryl/α,β-unsaturated/α-hetero) is 1. The SMILES string of the molecule is COCc1cccc(C(=O)OCC(=O)c2ccccc2)c1. The molecule has 0 spiro atoms. The maximum Gasteiger partial charge on any atom is 0.338 e. The van der Waals surface area contributed by atoms with Gasteiger partial charge in [-0.3, -0.25) is 4.79 Å². The van der Waals surface area contributed by atoms with Gasteiger partial charge in [0.1, 0.15) is 0 Å². The van der Waals surface area contributed by atoms with Gasteiger partial charge >= 0.3 is 5.97 Å². The molecule has 0 aliphatic heterocycles. The topological polar surface area (TPSA) is 52.6 Å². The highest BCUT2D eigenvalue weighted by Crippen LogP contribution is 2.08. The number of methoxy groups -OCH3 is 1. The van der Waals surface area contributed by atoms with Crippen LogP contribution in [0.5, 0.6) is 0 Å². The normalized spacial score (nSPS) is 10.1. The molecular formula is C17H16O4. The number of esters is 1. The maximum absolute atomic E-state index is 11.9. The molecule has 0 radical (unpaired) electrons. The molecule has 0 saturated carbocycles. The first-order chi connectivity index (χ1) is 10.2. The molecular weight excluding hydrogens is 268 g/mol. The van der Waals surface area contributed by atoms with E-state index < -0.39 is 5.97 Å². The van der Waals surface area contributed by atoms with Crippen molar-refractivity contribution in [2.24, 2.45) is 0 Å². The lowest BCUT2D eigenvalue weighted by molar-refractivity contribution is 0.0474. The monoisotopic (exact) mass is 284 g/mol. The molecule has 4 heteroatoms. The Hall–Kier alpha value is -2.46. The van der Waals surface area contributed by atoms with Gasteiger partial charge in [0, 0.05) is 12.7 Å². The molecule has 4 nitrogen and oxygen atoms in total. The van der Waals surface area contributed by atoms with Gasteiger partial charge < -0.3 is 9.47 Å². The Morgan fingerprint density at radius 2 is 1.67 bits per heavy atom. The van der Waals surface area contributed by atoms with E-state index in [0.29, 0.717) is 17.7 Å². The summed E-state index contributed by atoms with van der Waals surface area (Å²) in [5.41, 5.74) is 1.81. The molecule has 0 bridgehead atoms. The Morgan fingerprint density at radius 3 is 2.38 bits per heavy atom. The van der Waals surface area contributed by atoms with Crippen LogP contribution in [0, 0.1) is 0 Å². The lowest BCUT2D eigenvalue weighted by atomic mass is 10.1. The molecule has 0 aliphatic carbocycles. The number of ether oxygens (including phenoxy) is 2. The van der Waals surface area contributed by atoms with E-state index in [-0.39, 0.29) is 12.4 Å². The number of hydrogen-bond acceptors (Lipinski definition) is 4. The van der Waals surface area contributed by atoms with Crippen LogP contribution in [-0.4, -0.2) is 25.5 Å². The molecule has 2 aromatic carbocycles. The van der Waals surface area contributed by atoms with Crippen LogP contribution < -0.4 is 0 Å². The maximum atomic E-state index is 11.9. The highest BCUT2D eigenvalue weighted by molar-refractivity contribution is 5.99. The smallest absolute Gasteiger partial charge is 0.338 e. The second kappa shape index (κ2) is 7.36. The highest BCUT2D eigenvalue weighted by atomic mass is 16.5. The van der Waals surface area contributed by atoms with E-state index in [9.17, 15) is 9.59 Å². The van der Waals surface area contributed by atoms with E-state index >= 15 is 0 Å². The van der Waals surface area contributed by atoms with Gasteiger partial charge in [-0.25, -0.2) is 4.79 Å². The molecule has 0 aliphatic rings. The summed E-state index contributed by atoms with van der Waals surface area (Å²) in [6.07, 6.45) is 0. The summed E-state index contributed by atoms with van der Waals surface area (Å²) in [6.45, 7) is 0.154. The minimum atomic E-state index is -0.516. The largest absolute Gasteiger partial charge is 0.454 e. The third kappa shape index (κ3) is 4.26. The van der Waals surface area contributed by atoms with Gasteiger partial charge in [0.15, 0.2) is 12.4 Å². The molecule has 0 N–H and O–H groups in total. The van der Waals surface area contributed by atoms with Crippen molar-refractivity contribution in [1.82, 2.24) is 0 Å². The van der Waals surface area contributed by atoms with Crippen LogP contribution in [0.15, 0.2) is 54.6 Å². The highest BCUT2D eigenvalue weighted by Gasteiger charge is 2.11. The number of carbonyl (C=O) groups is 2. The number of rotatable bonds is 6. The van der Waals surface area contributed by atoms with Crippen molar-refractivity contribution in [3.05, 3.63) is 71.3 Å². The van der Waals surface area contributed by atoms with Crippen LogP contribution in [-0.2, 0) is 16.1 Å². The van der Waals surface area contributed by atoms with Gasteiger partial charge in [-0.15, -0.1) is 0 Å². The molecule has 0 atom stereocenters. The van der Waals surface area contributed by atoms with Crippen LogP contribution in [0.1, 0.15) is 26.3 Å². The van der Waals surface area contributed by atoms with Gasteiger partial charge in [-0.2, -0.15) is 0 Å². The Balaban J connectivity index is 1.96. The van der Waals surface area contributed by atoms with Gasteiger partial charge in [0.25, 0.3) is 0 Å². The van der Waals surface area contributed by atoms with E-state index in [2.05, 4.69) is 0 Å². The minimum Gasteiger partial charge on any atom is -0.454 e. The Labute approximate surface area is 123 Å². The van der Waals surface area contributed by atoms with Gasteiger partial charge in [-0.1, -0.05) is 42.5 Å². The number of benzene rings is 2. The second-order valence-electron chi connectivity index (χ2n) is 4.50. The number of hydrogen-bond donors (Lipinski definition) is 0. The summed E-state index contributed by atoms with van der Waals surface area (Å²) in [5.74, 6) is -0.741. The molecule has 2 aromatic rings. The molecule has 0 amide bonds. The summed E-state index contributed by atoms with van der Waals surface area (Å²) in [4.78, 5) is 23.8. The van der Waals surface area contributed by atoms with Crippen molar-refractivity contribution in [3.8, 4) is 0 Å². The Kier molecular flexibility index (Phi) is 5.23. The predicted octanol–water partition coefficient (Wildman–Crippen LogP) is 2.87. The average molecular weight is 284 g/mol. The lowest BCUT2D eigenvalue weighted by Crippen LogP contribution is -2.14. The molecule has 0 fully saturated rings. The van der Waals surface area contributed by atoms with Gasteiger partial charge in [0.05, 0.1) is 12.2 Å². The van der Waals surface area contributed by atoms with E-state index in [1.165, 1.54) is 0 Å². The van der Waals surface area contributed by atoms with Gasteiger partial charge in [0.2, 0.25) is 0 Å². The van der Waals surface area contributed by atoms with Crippen molar-refractivity contribution in [2.75, 3.05) is 13.7 Å². The standard InChI is InChI=1S/C17H16O4/c1-20-11-13-6-5-9-15(10-13)17(19)21-12-16(18)14-7-3-2-4-8-14/h2-10H,11-12H2,1H3. The quantitative estimate of drug-likeness (QED) is 0.604. The predicted molar refractivity (Wildman–Crippen MR) is 78.2 cm³/mol. The summed E-state index contributed by atoms with van der Waals surface area (Å²) >= 11 is 0. The Morgan fingerprint density at radius 1 is 0.952 bits per heavy atom. The zero-order valence-corrected chi connectivity index (χ0v) is 11.7. The van der Waals surface area contributed by atoms with E-state index in [4.69, 9.17) is 9.47 Å². The van der Waals surface area contributed by atoms with E-state index in [0.717, 1.165) is 5.56 Å². The molecule has 0 unspecified atom stereocenters. The van der Waals surface area contributed by atoms with Crippen LogP contribution in [0.2, 0.25) is 0 Å². The molecule has 2 rings (SSSR count). The van der Waals surface area contributed by atoms with Crippen molar-refractivity contribution < 1.29 is 19.1 Å². The number of ketones is 1. The molecule has 108 valence electrons. The van der Waals surface area contributed by atoms with Crippen LogP contribution in [0.25, 0.3) is 0 Å². The van der Waals surface area contributed by atoms with Crippen molar-refractivity contribution in [1.29, 1.82) is 0 Å². The average Bonchev–Trinajstić information content (AvgIpc) is 2.53. The summed E-state index contributed by atoms with van der Waals surface area (Å²) in [5, 5.41) is 0. The summed E-state index contributed by atoms with van der Waals surface area (Å²) in [6, 6.07) is 15.7. The van der Waals surface area contributed by atoms with Crippen LogP contribution in [0.4, 0.5) is 0 Å². The van der Waals surface area contributed by atoms with Gasteiger partial charge in [-0.05, 0) is 17.7 Å². The van der Waals surface area contributed by atoms with Crippen molar-refractivity contribution in [2.45, 2.75) is 6.61 Å². The van der Waals surface area contributed by atoms with E-state index in [1.807, 2.05) is 12.1 Å². The van der Waals surface area contributed by atoms with Crippen molar-refractivity contribution >= 4 is 11.8 Å². The Bertz CT molecular complexity index is 620. The van der Waals surface area contributed by atoms with Crippen LogP contribution >= 0.6 is 0 Å². The minimum absolute atomic E-state index is 0.225. The first-order valence-electron chi connectivity index (χ1n) is 6.54. The zero-order valence-electron chi connectivity index (χ0n) is 11.7. The third-order valence-electron chi connectivity index (χ3n) is 2.90. The fraction of sp³-hybridized carbons (Fsp3) is 0.176. The third-order valence-corrected chi connectivity index (χ3v) is 2.90.